The molecule has 2 N–H and O–H groups in total. The van der Waals surface area contributed by atoms with Crippen LogP contribution in [0.15, 0.2) is 0 Å². The summed E-state index contributed by atoms with van der Waals surface area (Å²) in [7, 11) is 0. The molecule has 1 heterocycles. The maximum absolute atomic E-state index is 13.1. The lowest BCUT2D eigenvalue weighted by Gasteiger charge is -2.38. The predicted molar refractivity (Wildman–Crippen MR) is 112 cm³/mol. The standard InChI is InChI=1S/C22H39NO7/c1-13(2)14(18(26)27)10-16-15(11-21(6,7)12-17(24)25)23(22(8,9)29-16)19(28)30-20(3,4)5/h13-16H,10-12H2,1-9H3,(H,24,25)(H,26,27)/t14-,15-,16-/m0/s1. The molecular weight excluding hydrogens is 390 g/mol. The van der Waals surface area contributed by atoms with E-state index in [-0.39, 0.29) is 18.8 Å². The highest BCUT2D eigenvalue weighted by Crippen LogP contribution is 2.42. The summed E-state index contributed by atoms with van der Waals surface area (Å²) >= 11 is 0. The van der Waals surface area contributed by atoms with Gasteiger partial charge in [0.15, 0.2) is 0 Å². The Labute approximate surface area is 179 Å². The van der Waals surface area contributed by atoms with E-state index in [2.05, 4.69) is 0 Å². The molecule has 1 aliphatic heterocycles. The Kier molecular flexibility index (Phi) is 7.97. The van der Waals surface area contributed by atoms with Crippen LogP contribution in [0.1, 0.15) is 81.6 Å². The van der Waals surface area contributed by atoms with Gasteiger partial charge < -0.3 is 19.7 Å². The summed E-state index contributed by atoms with van der Waals surface area (Å²) in [6.07, 6.45) is -0.613. The molecule has 8 heteroatoms. The Hall–Kier alpha value is -1.83. The van der Waals surface area contributed by atoms with E-state index in [0.717, 1.165) is 0 Å². The first-order valence-electron chi connectivity index (χ1n) is 10.5. The molecule has 0 aromatic carbocycles. The van der Waals surface area contributed by atoms with E-state index in [9.17, 15) is 24.6 Å². The van der Waals surface area contributed by atoms with Crippen LogP contribution >= 0.6 is 0 Å². The zero-order valence-corrected chi connectivity index (χ0v) is 19.8. The Morgan fingerprint density at radius 2 is 1.63 bits per heavy atom. The maximum atomic E-state index is 13.1. The topological polar surface area (TPSA) is 113 Å². The highest BCUT2D eigenvalue weighted by atomic mass is 16.6. The summed E-state index contributed by atoms with van der Waals surface area (Å²) in [5, 5.41) is 19.0. The molecule has 1 rings (SSSR count). The quantitative estimate of drug-likeness (QED) is 0.589. The summed E-state index contributed by atoms with van der Waals surface area (Å²) in [4.78, 5) is 37.7. The zero-order chi connectivity index (χ0) is 23.7. The molecule has 174 valence electrons. The predicted octanol–water partition coefficient (Wildman–Crippen LogP) is 4.36. The number of nitrogens with zero attached hydrogens (tertiary/aromatic N) is 1. The molecular formula is C22H39NO7. The van der Waals surface area contributed by atoms with Crippen LogP contribution in [0.3, 0.4) is 0 Å². The molecule has 0 radical (unpaired) electrons. The Bertz CT molecular complexity index is 648. The summed E-state index contributed by atoms with van der Waals surface area (Å²) in [6, 6.07) is -0.509. The number of carbonyl (C=O) groups is 3. The molecule has 8 nitrogen and oxygen atoms in total. The van der Waals surface area contributed by atoms with Crippen molar-refractivity contribution < 1.29 is 34.1 Å². The van der Waals surface area contributed by atoms with E-state index in [1.165, 1.54) is 4.90 Å². The normalized spacial score (nSPS) is 22.8. The van der Waals surface area contributed by atoms with Gasteiger partial charge in [0, 0.05) is 0 Å². The Balaban J connectivity index is 3.33. The van der Waals surface area contributed by atoms with Crippen LogP contribution in [0, 0.1) is 17.3 Å². The molecule has 0 aliphatic carbocycles. The number of aliphatic carboxylic acids is 2. The summed E-state index contributed by atoms with van der Waals surface area (Å²) in [5.74, 6) is -2.60. The van der Waals surface area contributed by atoms with Gasteiger partial charge in [-0.1, -0.05) is 27.7 Å². The third kappa shape index (κ3) is 7.15. The van der Waals surface area contributed by atoms with Crippen LogP contribution in [0.25, 0.3) is 0 Å². The fraction of sp³-hybridized carbons (Fsp3) is 0.864. The molecule has 0 saturated carbocycles. The molecule has 0 bridgehead atoms. The Morgan fingerprint density at radius 3 is 2.03 bits per heavy atom. The first kappa shape index (κ1) is 26.2. The fourth-order valence-corrected chi connectivity index (χ4v) is 4.12. The lowest BCUT2D eigenvalue weighted by molar-refractivity contribution is -0.146. The zero-order valence-electron chi connectivity index (χ0n) is 19.8. The van der Waals surface area contributed by atoms with Gasteiger partial charge in [0.2, 0.25) is 0 Å². The minimum absolute atomic E-state index is 0.0780. The summed E-state index contributed by atoms with van der Waals surface area (Å²) in [5.41, 5.74) is -2.36. The van der Waals surface area contributed by atoms with Crippen molar-refractivity contribution in [2.24, 2.45) is 17.3 Å². The fourth-order valence-electron chi connectivity index (χ4n) is 4.12. The molecule has 30 heavy (non-hydrogen) atoms. The van der Waals surface area contributed by atoms with Crippen molar-refractivity contribution in [3.63, 3.8) is 0 Å². The van der Waals surface area contributed by atoms with Crippen molar-refractivity contribution in [3.05, 3.63) is 0 Å². The number of rotatable bonds is 8. The smallest absolute Gasteiger partial charge is 0.412 e. The number of ether oxygens (including phenoxy) is 2. The number of carboxylic acids is 2. The highest BCUT2D eigenvalue weighted by Gasteiger charge is 2.53. The van der Waals surface area contributed by atoms with Crippen molar-refractivity contribution in [1.29, 1.82) is 0 Å². The maximum Gasteiger partial charge on any atom is 0.412 e. The Morgan fingerprint density at radius 1 is 1.10 bits per heavy atom. The second kappa shape index (κ2) is 9.12. The van der Waals surface area contributed by atoms with Crippen LogP contribution in [-0.2, 0) is 19.1 Å². The second-order valence-electron chi connectivity index (χ2n) is 10.9. The van der Waals surface area contributed by atoms with E-state index < -0.39 is 52.8 Å². The second-order valence-corrected chi connectivity index (χ2v) is 10.9. The van der Waals surface area contributed by atoms with Crippen molar-refractivity contribution in [1.82, 2.24) is 4.90 Å². The SMILES string of the molecule is CC(C)[C@H](C[C@@H]1OC(C)(C)N(C(=O)OC(C)(C)C)[C@H]1CC(C)(C)CC(=O)O)C(=O)O. The molecule has 0 unspecified atom stereocenters. The number of amides is 1. The van der Waals surface area contributed by atoms with Gasteiger partial charge in [0.1, 0.15) is 11.3 Å². The van der Waals surface area contributed by atoms with Gasteiger partial charge in [0.05, 0.1) is 24.5 Å². The van der Waals surface area contributed by atoms with E-state index in [1.807, 2.05) is 27.7 Å². The summed E-state index contributed by atoms with van der Waals surface area (Å²) in [6.45, 7) is 16.2. The average Bonchev–Trinajstić information content (AvgIpc) is 2.70. The van der Waals surface area contributed by atoms with Crippen molar-refractivity contribution >= 4 is 18.0 Å². The summed E-state index contributed by atoms with van der Waals surface area (Å²) < 4.78 is 11.8. The molecule has 0 aromatic heterocycles. The van der Waals surface area contributed by atoms with Gasteiger partial charge in [-0.05, 0) is 58.8 Å². The van der Waals surface area contributed by atoms with E-state index >= 15 is 0 Å². The lowest BCUT2D eigenvalue weighted by atomic mass is 9.79. The number of carboxylic acid groups (broad SMARTS) is 2. The van der Waals surface area contributed by atoms with E-state index in [1.54, 1.807) is 34.6 Å². The first-order chi connectivity index (χ1) is 13.4. The molecule has 1 aliphatic rings. The number of carbonyl (C=O) groups excluding carboxylic acids is 1. The van der Waals surface area contributed by atoms with E-state index in [4.69, 9.17) is 9.47 Å². The largest absolute Gasteiger partial charge is 0.481 e. The van der Waals surface area contributed by atoms with Crippen molar-refractivity contribution in [3.8, 4) is 0 Å². The van der Waals surface area contributed by atoms with Gasteiger partial charge in [-0.15, -0.1) is 0 Å². The molecule has 1 fully saturated rings. The molecule has 1 amide bonds. The van der Waals surface area contributed by atoms with Crippen molar-refractivity contribution in [2.75, 3.05) is 0 Å². The molecule has 0 spiro atoms. The minimum atomic E-state index is -1.02. The van der Waals surface area contributed by atoms with Crippen LogP contribution in [-0.4, -0.2) is 56.6 Å². The lowest BCUT2D eigenvalue weighted by Crippen LogP contribution is -2.51. The molecule has 1 saturated heterocycles. The van der Waals surface area contributed by atoms with Gasteiger partial charge in [-0.25, -0.2) is 4.79 Å². The first-order valence-corrected chi connectivity index (χ1v) is 10.5. The van der Waals surface area contributed by atoms with Crippen LogP contribution in [0.5, 0.6) is 0 Å². The van der Waals surface area contributed by atoms with Crippen LogP contribution < -0.4 is 0 Å². The molecule has 0 aromatic rings. The number of hydrogen-bond donors (Lipinski definition) is 2. The third-order valence-corrected chi connectivity index (χ3v) is 5.37. The minimum Gasteiger partial charge on any atom is -0.481 e. The third-order valence-electron chi connectivity index (χ3n) is 5.37. The van der Waals surface area contributed by atoms with Crippen LogP contribution in [0.4, 0.5) is 4.79 Å². The van der Waals surface area contributed by atoms with Crippen LogP contribution in [0.2, 0.25) is 0 Å². The average molecular weight is 430 g/mol. The van der Waals surface area contributed by atoms with Gasteiger partial charge >= 0.3 is 18.0 Å². The monoisotopic (exact) mass is 429 g/mol. The van der Waals surface area contributed by atoms with Crippen molar-refractivity contribution in [2.45, 2.75) is 105 Å². The molecule has 3 atom stereocenters. The van der Waals surface area contributed by atoms with Gasteiger partial charge in [-0.3, -0.25) is 14.5 Å². The van der Waals surface area contributed by atoms with Gasteiger partial charge in [0.25, 0.3) is 0 Å². The number of hydrogen-bond acceptors (Lipinski definition) is 5. The van der Waals surface area contributed by atoms with Gasteiger partial charge in [-0.2, -0.15) is 0 Å². The highest BCUT2D eigenvalue weighted by molar-refractivity contribution is 5.71. The van der Waals surface area contributed by atoms with E-state index in [0.29, 0.717) is 6.42 Å².